The van der Waals surface area contributed by atoms with Crippen LogP contribution in [0.3, 0.4) is 0 Å². The molecule has 9 heteroatoms. The number of likely N-dealkylation sites (tertiary alicyclic amines) is 1. The van der Waals surface area contributed by atoms with Crippen LogP contribution < -0.4 is 5.73 Å². The average molecular weight is 364 g/mol. The van der Waals surface area contributed by atoms with Gasteiger partial charge in [-0.3, -0.25) is 4.79 Å². The van der Waals surface area contributed by atoms with Crippen molar-refractivity contribution in [1.82, 2.24) is 19.7 Å². The van der Waals surface area contributed by atoms with E-state index in [4.69, 9.17) is 10.5 Å². The monoisotopic (exact) mass is 363 g/mol. The Morgan fingerprint density at radius 2 is 2.09 bits per heavy atom. The fourth-order valence-electron chi connectivity index (χ4n) is 2.80. The SMILES string of the molecule is COC[C@H](N)C(=O)N1CCC(Cc2nnc(SC)n2C)CC1.Cl. The van der Waals surface area contributed by atoms with Gasteiger partial charge in [0.15, 0.2) is 5.16 Å². The number of carbonyl (C=O) groups is 1. The second kappa shape index (κ2) is 9.46. The van der Waals surface area contributed by atoms with E-state index in [2.05, 4.69) is 14.8 Å². The fourth-order valence-corrected chi connectivity index (χ4v) is 3.30. The summed E-state index contributed by atoms with van der Waals surface area (Å²) in [6, 6.07) is -0.551. The summed E-state index contributed by atoms with van der Waals surface area (Å²) in [5.41, 5.74) is 5.81. The second-order valence-electron chi connectivity index (χ2n) is 5.70. The maximum Gasteiger partial charge on any atom is 0.241 e. The number of rotatable bonds is 6. The van der Waals surface area contributed by atoms with Crippen LogP contribution in [0.15, 0.2) is 5.16 Å². The third kappa shape index (κ3) is 5.07. The van der Waals surface area contributed by atoms with Crippen LogP contribution in [0.25, 0.3) is 0 Å². The predicted octanol–water partition coefficient (Wildman–Crippen LogP) is 0.714. The van der Waals surface area contributed by atoms with Gasteiger partial charge in [0.1, 0.15) is 11.9 Å². The van der Waals surface area contributed by atoms with Crippen LogP contribution in [-0.4, -0.2) is 64.7 Å². The Bertz CT molecular complexity index is 505. The molecule has 0 radical (unpaired) electrons. The topological polar surface area (TPSA) is 86.3 Å². The Hall–Kier alpha value is -0.830. The molecule has 1 fully saturated rings. The highest BCUT2D eigenvalue weighted by Crippen LogP contribution is 2.22. The van der Waals surface area contributed by atoms with Gasteiger partial charge >= 0.3 is 0 Å². The summed E-state index contributed by atoms with van der Waals surface area (Å²) in [5.74, 6) is 1.55. The summed E-state index contributed by atoms with van der Waals surface area (Å²) in [5, 5.41) is 9.37. The molecule has 0 bridgehead atoms. The Balaban J connectivity index is 0.00000264. The van der Waals surface area contributed by atoms with E-state index in [-0.39, 0.29) is 24.9 Å². The summed E-state index contributed by atoms with van der Waals surface area (Å²) >= 11 is 1.60. The highest BCUT2D eigenvalue weighted by Gasteiger charge is 2.27. The number of carbonyl (C=O) groups excluding carboxylic acids is 1. The number of thioether (sulfide) groups is 1. The van der Waals surface area contributed by atoms with Crippen molar-refractivity contribution in [3.8, 4) is 0 Å². The molecule has 0 saturated carbocycles. The lowest BCUT2D eigenvalue weighted by atomic mass is 9.93. The van der Waals surface area contributed by atoms with Crippen molar-refractivity contribution in [3.05, 3.63) is 5.82 Å². The molecule has 1 amide bonds. The molecule has 0 aliphatic carbocycles. The lowest BCUT2D eigenvalue weighted by molar-refractivity contribution is -0.135. The molecule has 0 spiro atoms. The molecule has 0 aromatic carbocycles. The third-order valence-corrected chi connectivity index (χ3v) is 4.89. The molecule has 1 aliphatic heterocycles. The minimum absolute atomic E-state index is 0. The van der Waals surface area contributed by atoms with E-state index in [1.165, 1.54) is 0 Å². The van der Waals surface area contributed by atoms with Crippen LogP contribution in [0.1, 0.15) is 18.7 Å². The van der Waals surface area contributed by atoms with E-state index in [1.807, 2.05) is 18.2 Å². The molecule has 0 unspecified atom stereocenters. The predicted molar refractivity (Wildman–Crippen MR) is 92.9 cm³/mol. The lowest BCUT2D eigenvalue weighted by Gasteiger charge is -2.33. The fraction of sp³-hybridized carbons (Fsp3) is 0.786. The zero-order chi connectivity index (χ0) is 16.1. The quantitative estimate of drug-likeness (QED) is 0.749. The summed E-state index contributed by atoms with van der Waals surface area (Å²) < 4.78 is 7.00. The molecule has 1 aromatic rings. The first-order chi connectivity index (χ1) is 10.6. The molecule has 2 heterocycles. The van der Waals surface area contributed by atoms with Crippen LogP contribution in [-0.2, 0) is 23.0 Å². The molecule has 1 aromatic heterocycles. The summed E-state index contributed by atoms with van der Waals surface area (Å²) in [4.78, 5) is 14.0. The second-order valence-corrected chi connectivity index (χ2v) is 6.47. The van der Waals surface area contributed by atoms with E-state index in [0.29, 0.717) is 5.92 Å². The van der Waals surface area contributed by atoms with E-state index in [0.717, 1.165) is 43.3 Å². The van der Waals surface area contributed by atoms with E-state index in [1.54, 1.807) is 18.9 Å². The molecular weight excluding hydrogens is 338 g/mol. The summed E-state index contributed by atoms with van der Waals surface area (Å²) in [7, 11) is 3.56. The normalized spacial score (nSPS) is 17.0. The minimum atomic E-state index is -0.551. The minimum Gasteiger partial charge on any atom is -0.383 e. The molecule has 23 heavy (non-hydrogen) atoms. The van der Waals surface area contributed by atoms with Crippen LogP contribution in [0.4, 0.5) is 0 Å². The number of nitrogens with zero attached hydrogens (tertiary/aromatic N) is 4. The molecular formula is C14H26ClN5O2S. The molecule has 1 atom stereocenters. The first kappa shape index (κ1) is 20.2. The van der Waals surface area contributed by atoms with Gasteiger partial charge in [0.25, 0.3) is 0 Å². The van der Waals surface area contributed by atoms with Crippen molar-refractivity contribution < 1.29 is 9.53 Å². The number of hydrogen-bond acceptors (Lipinski definition) is 6. The summed E-state index contributed by atoms with van der Waals surface area (Å²) in [6.07, 6.45) is 4.87. The van der Waals surface area contributed by atoms with Crippen LogP contribution in [0.5, 0.6) is 0 Å². The van der Waals surface area contributed by atoms with E-state index < -0.39 is 6.04 Å². The molecule has 132 valence electrons. The zero-order valence-corrected chi connectivity index (χ0v) is 15.5. The molecule has 1 aliphatic rings. The van der Waals surface area contributed by atoms with Crippen molar-refractivity contribution in [1.29, 1.82) is 0 Å². The number of piperidine rings is 1. The molecule has 7 nitrogen and oxygen atoms in total. The van der Waals surface area contributed by atoms with Crippen molar-refractivity contribution >= 4 is 30.1 Å². The first-order valence-corrected chi connectivity index (χ1v) is 8.74. The smallest absolute Gasteiger partial charge is 0.241 e. The van der Waals surface area contributed by atoms with Crippen molar-refractivity contribution in [3.63, 3.8) is 0 Å². The molecule has 2 rings (SSSR count). The van der Waals surface area contributed by atoms with Gasteiger partial charge in [0, 0.05) is 33.7 Å². The van der Waals surface area contributed by atoms with Gasteiger partial charge in [0.2, 0.25) is 5.91 Å². The lowest BCUT2D eigenvalue weighted by Crippen LogP contribution is -2.49. The number of methoxy groups -OCH3 is 1. The highest BCUT2D eigenvalue weighted by atomic mass is 35.5. The number of aromatic nitrogens is 3. The molecule has 1 saturated heterocycles. The number of halogens is 1. The average Bonchev–Trinajstić information content (AvgIpc) is 2.88. The Kier molecular flexibility index (Phi) is 8.32. The van der Waals surface area contributed by atoms with Crippen LogP contribution >= 0.6 is 24.2 Å². The molecule has 2 N–H and O–H groups in total. The van der Waals surface area contributed by atoms with Gasteiger partial charge in [-0.15, -0.1) is 22.6 Å². The van der Waals surface area contributed by atoms with Gasteiger partial charge in [-0.05, 0) is 25.0 Å². The van der Waals surface area contributed by atoms with Crippen LogP contribution in [0.2, 0.25) is 0 Å². The Morgan fingerprint density at radius 3 is 2.61 bits per heavy atom. The van der Waals surface area contributed by atoms with E-state index >= 15 is 0 Å². The number of amides is 1. The maximum atomic E-state index is 12.1. The number of nitrogens with two attached hydrogens (primary N) is 1. The Morgan fingerprint density at radius 1 is 1.43 bits per heavy atom. The van der Waals surface area contributed by atoms with E-state index in [9.17, 15) is 4.79 Å². The van der Waals surface area contributed by atoms with Gasteiger partial charge in [-0.25, -0.2) is 0 Å². The van der Waals surface area contributed by atoms with Gasteiger partial charge in [-0.2, -0.15) is 0 Å². The zero-order valence-electron chi connectivity index (χ0n) is 13.9. The van der Waals surface area contributed by atoms with Gasteiger partial charge in [0.05, 0.1) is 6.61 Å². The van der Waals surface area contributed by atoms with Crippen molar-refractivity contribution in [2.45, 2.75) is 30.5 Å². The summed E-state index contributed by atoms with van der Waals surface area (Å²) in [6.45, 7) is 1.79. The largest absolute Gasteiger partial charge is 0.383 e. The highest BCUT2D eigenvalue weighted by molar-refractivity contribution is 7.98. The first-order valence-electron chi connectivity index (χ1n) is 7.52. The Labute approximate surface area is 147 Å². The number of hydrogen-bond donors (Lipinski definition) is 1. The third-order valence-electron chi connectivity index (χ3n) is 4.17. The van der Waals surface area contributed by atoms with Crippen molar-refractivity contribution in [2.75, 3.05) is 33.1 Å². The van der Waals surface area contributed by atoms with Crippen molar-refractivity contribution in [2.24, 2.45) is 18.7 Å². The number of ether oxygens (including phenoxy) is 1. The van der Waals surface area contributed by atoms with Crippen LogP contribution in [0, 0.1) is 5.92 Å². The van der Waals surface area contributed by atoms with Gasteiger partial charge < -0.3 is 19.9 Å². The standard InChI is InChI=1S/C14H25N5O2S.ClH/c1-18-12(16-17-14(18)22-3)8-10-4-6-19(7-5-10)13(20)11(15)9-21-2;/h10-11H,4-9,15H2,1-3H3;1H/t11-;/m0./s1. The van der Waals surface area contributed by atoms with Gasteiger partial charge in [-0.1, -0.05) is 11.8 Å². The maximum absolute atomic E-state index is 12.1.